The molecule has 6 heteroatoms. The standard InChI is InChI=1S/C12H20N4O2/c1-3-13-6-9-4-5-11(12(17)18)16(9)10-7-14-15(2)8-10/h7-9,11,13H,3-6H2,1-2H3,(H,17,18). The molecule has 18 heavy (non-hydrogen) atoms. The lowest BCUT2D eigenvalue weighted by Crippen LogP contribution is -2.45. The highest BCUT2D eigenvalue weighted by molar-refractivity contribution is 5.79. The molecule has 1 aromatic rings. The van der Waals surface area contributed by atoms with Gasteiger partial charge in [-0.3, -0.25) is 4.68 Å². The molecular formula is C12H20N4O2. The summed E-state index contributed by atoms with van der Waals surface area (Å²) >= 11 is 0. The predicted octanol–water partition coefficient (Wildman–Crippen LogP) is 0.452. The second-order valence-electron chi connectivity index (χ2n) is 4.67. The fourth-order valence-corrected chi connectivity index (χ4v) is 2.57. The van der Waals surface area contributed by atoms with E-state index in [4.69, 9.17) is 0 Å². The van der Waals surface area contributed by atoms with Crippen LogP contribution < -0.4 is 10.2 Å². The first kappa shape index (κ1) is 12.9. The zero-order chi connectivity index (χ0) is 13.1. The van der Waals surface area contributed by atoms with E-state index in [0.29, 0.717) is 6.42 Å². The van der Waals surface area contributed by atoms with E-state index in [2.05, 4.69) is 17.3 Å². The molecule has 0 aromatic carbocycles. The fraction of sp³-hybridized carbons (Fsp3) is 0.667. The van der Waals surface area contributed by atoms with Crippen LogP contribution in [0.2, 0.25) is 0 Å². The van der Waals surface area contributed by atoms with Gasteiger partial charge in [0.2, 0.25) is 0 Å². The predicted molar refractivity (Wildman–Crippen MR) is 68.7 cm³/mol. The van der Waals surface area contributed by atoms with Gasteiger partial charge in [0.05, 0.1) is 11.9 Å². The molecule has 100 valence electrons. The Kier molecular flexibility index (Phi) is 3.86. The summed E-state index contributed by atoms with van der Waals surface area (Å²) in [5.41, 5.74) is 0.894. The quantitative estimate of drug-likeness (QED) is 0.796. The summed E-state index contributed by atoms with van der Waals surface area (Å²) in [5.74, 6) is -0.752. The number of carboxylic acid groups (broad SMARTS) is 1. The molecule has 2 atom stereocenters. The number of aliphatic carboxylic acids is 1. The molecule has 2 unspecified atom stereocenters. The lowest BCUT2D eigenvalue weighted by atomic mass is 10.2. The minimum absolute atomic E-state index is 0.232. The summed E-state index contributed by atoms with van der Waals surface area (Å²) in [6, 6.07) is -0.201. The van der Waals surface area contributed by atoms with E-state index in [1.807, 2.05) is 18.1 Å². The Morgan fingerprint density at radius 1 is 1.61 bits per heavy atom. The molecule has 0 saturated carbocycles. The van der Waals surface area contributed by atoms with Crippen LogP contribution in [-0.4, -0.2) is 46.0 Å². The van der Waals surface area contributed by atoms with E-state index >= 15 is 0 Å². The van der Waals surface area contributed by atoms with E-state index in [-0.39, 0.29) is 6.04 Å². The van der Waals surface area contributed by atoms with Gasteiger partial charge < -0.3 is 15.3 Å². The maximum Gasteiger partial charge on any atom is 0.326 e. The molecule has 0 bridgehead atoms. The van der Waals surface area contributed by atoms with Crippen LogP contribution in [0, 0.1) is 0 Å². The smallest absolute Gasteiger partial charge is 0.326 e. The number of anilines is 1. The van der Waals surface area contributed by atoms with E-state index in [0.717, 1.165) is 25.2 Å². The van der Waals surface area contributed by atoms with Crippen LogP contribution in [-0.2, 0) is 11.8 Å². The zero-order valence-electron chi connectivity index (χ0n) is 10.8. The fourth-order valence-electron chi connectivity index (χ4n) is 2.57. The van der Waals surface area contributed by atoms with Crippen LogP contribution in [0.25, 0.3) is 0 Å². The van der Waals surface area contributed by atoms with Crippen molar-refractivity contribution in [2.45, 2.75) is 31.8 Å². The number of nitrogens with zero attached hydrogens (tertiary/aromatic N) is 3. The van der Waals surface area contributed by atoms with Crippen LogP contribution in [0.1, 0.15) is 19.8 Å². The highest BCUT2D eigenvalue weighted by Gasteiger charge is 2.38. The van der Waals surface area contributed by atoms with Gasteiger partial charge in [0.15, 0.2) is 0 Å². The molecule has 2 heterocycles. The molecule has 2 rings (SSSR count). The van der Waals surface area contributed by atoms with Crippen LogP contribution in [0.15, 0.2) is 12.4 Å². The number of aromatic nitrogens is 2. The molecule has 1 aliphatic rings. The molecule has 1 aliphatic heterocycles. The average Bonchev–Trinajstić information content (AvgIpc) is 2.91. The third-order valence-corrected chi connectivity index (χ3v) is 3.41. The number of carbonyl (C=O) groups is 1. The molecular weight excluding hydrogens is 232 g/mol. The highest BCUT2D eigenvalue weighted by atomic mass is 16.4. The van der Waals surface area contributed by atoms with Crippen molar-refractivity contribution in [3.8, 4) is 0 Å². The summed E-state index contributed by atoms with van der Waals surface area (Å²) in [6.07, 6.45) is 5.21. The van der Waals surface area contributed by atoms with E-state index < -0.39 is 12.0 Å². The van der Waals surface area contributed by atoms with Gasteiger partial charge in [0, 0.05) is 25.8 Å². The number of rotatable bonds is 5. The van der Waals surface area contributed by atoms with Crippen LogP contribution in [0.4, 0.5) is 5.69 Å². The molecule has 0 spiro atoms. The monoisotopic (exact) mass is 252 g/mol. The van der Waals surface area contributed by atoms with E-state index in [9.17, 15) is 9.90 Å². The van der Waals surface area contributed by atoms with Crippen molar-refractivity contribution in [1.82, 2.24) is 15.1 Å². The third kappa shape index (κ3) is 2.48. The number of nitrogens with one attached hydrogen (secondary N) is 1. The Hall–Kier alpha value is -1.56. The third-order valence-electron chi connectivity index (χ3n) is 3.41. The van der Waals surface area contributed by atoms with Crippen LogP contribution in [0.5, 0.6) is 0 Å². The SMILES string of the molecule is CCNCC1CCC(C(=O)O)N1c1cnn(C)c1. The first-order valence-corrected chi connectivity index (χ1v) is 6.34. The second kappa shape index (κ2) is 5.39. The average molecular weight is 252 g/mol. The van der Waals surface area contributed by atoms with Gasteiger partial charge in [0.1, 0.15) is 6.04 Å². The minimum atomic E-state index is -0.752. The second-order valence-corrected chi connectivity index (χ2v) is 4.67. The summed E-state index contributed by atoms with van der Waals surface area (Å²) in [7, 11) is 1.84. The Bertz CT molecular complexity index is 418. The maximum atomic E-state index is 11.3. The Morgan fingerprint density at radius 3 is 2.94 bits per heavy atom. The maximum absolute atomic E-state index is 11.3. The molecule has 1 fully saturated rings. The molecule has 6 nitrogen and oxygen atoms in total. The summed E-state index contributed by atoms with van der Waals surface area (Å²) in [5, 5.41) is 16.7. The molecule has 1 aromatic heterocycles. The van der Waals surface area contributed by atoms with Crippen molar-refractivity contribution in [3.05, 3.63) is 12.4 Å². The van der Waals surface area contributed by atoms with Crippen molar-refractivity contribution in [3.63, 3.8) is 0 Å². The van der Waals surface area contributed by atoms with Crippen molar-refractivity contribution < 1.29 is 9.90 Å². The molecule has 0 amide bonds. The Labute approximate surface area is 107 Å². The largest absolute Gasteiger partial charge is 0.480 e. The Morgan fingerprint density at radius 2 is 2.39 bits per heavy atom. The molecule has 0 aliphatic carbocycles. The van der Waals surface area contributed by atoms with Gasteiger partial charge >= 0.3 is 5.97 Å². The number of hydrogen-bond donors (Lipinski definition) is 2. The van der Waals surface area contributed by atoms with Gasteiger partial charge in [-0.2, -0.15) is 5.10 Å². The summed E-state index contributed by atoms with van der Waals surface area (Å²) in [6.45, 7) is 3.77. The van der Waals surface area contributed by atoms with Gasteiger partial charge in [-0.25, -0.2) is 4.79 Å². The van der Waals surface area contributed by atoms with Crippen molar-refractivity contribution in [2.24, 2.45) is 7.05 Å². The lowest BCUT2D eigenvalue weighted by Gasteiger charge is -2.29. The first-order chi connectivity index (χ1) is 8.63. The van der Waals surface area contributed by atoms with E-state index in [1.165, 1.54) is 0 Å². The number of likely N-dealkylation sites (N-methyl/N-ethyl adjacent to an activating group) is 1. The van der Waals surface area contributed by atoms with Gasteiger partial charge in [-0.1, -0.05) is 6.92 Å². The van der Waals surface area contributed by atoms with Gasteiger partial charge in [-0.15, -0.1) is 0 Å². The summed E-state index contributed by atoms with van der Waals surface area (Å²) < 4.78 is 1.71. The Balaban J connectivity index is 2.19. The molecule has 1 saturated heterocycles. The number of carboxylic acids is 1. The molecule has 2 N–H and O–H groups in total. The number of aryl methyl sites for hydroxylation is 1. The molecule has 0 radical (unpaired) electrons. The lowest BCUT2D eigenvalue weighted by molar-refractivity contribution is -0.138. The normalized spacial score (nSPS) is 23.6. The van der Waals surface area contributed by atoms with Gasteiger partial charge in [0.25, 0.3) is 0 Å². The van der Waals surface area contributed by atoms with Crippen LogP contribution >= 0.6 is 0 Å². The van der Waals surface area contributed by atoms with E-state index in [1.54, 1.807) is 10.9 Å². The zero-order valence-corrected chi connectivity index (χ0v) is 10.8. The first-order valence-electron chi connectivity index (χ1n) is 6.34. The van der Waals surface area contributed by atoms with Crippen molar-refractivity contribution >= 4 is 11.7 Å². The highest BCUT2D eigenvalue weighted by Crippen LogP contribution is 2.30. The number of hydrogen-bond acceptors (Lipinski definition) is 4. The summed E-state index contributed by atoms with van der Waals surface area (Å²) in [4.78, 5) is 13.3. The topological polar surface area (TPSA) is 70.4 Å². The van der Waals surface area contributed by atoms with Crippen molar-refractivity contribution in [2.75, 3.05) is 18.0 Å². The minimum Gasteiger partial charge on any atom is -0.480 e. The van der Waals surface area contributed by atoms with Gasteiger partial charge in [-0.05, 0) is 19.4 Å². The van der Waals surface area contributed by atoms with Crippen LogP contribution in [0.3, 0.4) is 0 Å². The van der Waals surface area contributed by atoms with Crippen molar-refractivity contribution in [1.29, 1.82) is 0 Å².